The Kier molecular flexibility index (Phi) is 6.14. The molecule has 2 fully saturated rings. The van der Waals surface area contributed by atoms with Crippen LogP contribution in [0.3, 0.4) is 0 Å². The van der Waals surface area contributed by atoms with Gasteiger partial charge in [0.1, 0.15) is 0 Å². The molecule has 2 saturated heterocycles. The van der Waals surface area contributed by atoms with Crippen LogP contribution in [-0.2, 0) is 9.53 Å². The van der Waals surface area contributed by atoms with Crippen molar-refractivity contribution in [3.63, 3.8) is 0 Å². The van der Waals surface area contributed by atoms with Crippen LogP contribution in [0, 0.1) is 5.92 Å². The first kappa shape index (κ1) is 18.7. The van der Waals surface area contributed by atoms with Gasteiger partial charge in [0.05, 0.1) is 11.7 Å². The summed E-state index contributed by atoms with van der Waals surface area (Å²) in [5.74, 6) is 0.471. The van der Waals surface area contributed by atoms with Gasteiger partial charge in [-0.1, -0.05) is 6.92 Å². The number of nitrogens with zero attached hydrogens (tertiary/aromatic N) is 1. The van der Waals surface area contributed by atoms with Crippen molar-refractivity contribution in [1.82, 2.24) is 5.32 Å². The second-order valence-electron chi connectivity index (χ2n) is 7.43. The van der Waals surface area contributed by atoms with E-state index in [2.05, 4.69) is 22.5 Å². The van der Waals surface area contributed by atoms with Crippen molar-refractivity contribution >= 4 is 23.2 Å². The molecule has 2 aliphatic heterocycles. The third kappa shape index (κ3) is 4.75. The van der Waals surface area contributed by atoms with E-state index in [9.17, 15) is 9.59 Å². The number of nitrogens with one attached hydrogen (secondary N) is 2. The van der Waals surface area contributed by atoms with Crippen LogP contribution in [0.25, 0.3) is 0 Å². The number of carbonyl (C=O) groups is 2. The van der Waals surface area contributed by atoms with Crippen LogP contribution in [0.4, 0.5) is 11.4 Å². The van der Waals surface area contributed by atoms with Gasteiger partial charge in [-0.05, 0) is 49.8 Å². The first-order valence-electron chi connectivity index (χ1n) is 9.59. The molecular weight excluding hydrogens is 330 g/mol. The van der Waals surface area contributed by atoms with Crippen LogP contribution in [0.2, 0.25) is 0 Å². The molecule has 2 amide bonds. The van der Waals surface area contributed by atoms with Crippen LogP contribution in [0.5, 0.6) is 0 Å². The van der Waals surface area contributed by atoms with Crippen molar-refractivity contribution in [2.45, 2.75) is 45.6 Å². The lowest BCUT2D eigenvalue weighted by molar-refractivity contribution is -0.114. The molecule has 0 saturated carbocycles. The first-order valence-corrected chi connectivity index (χ1v) is 9.59. The smallest absolute Gasteiger partial charge is 0.253 e. The zero-order valence-electron chi connectivity index (χ0n) is 15.7. The van der Waals surface area contributed by atoms with Gasteiger partial charge in [-0.15, -0.1) is 0 Å². The number of carbonyl (C=O) groups excluding carboxylic acids is 2. The first-order chi connectivity index (χ1) is 12.5. The van der Waals surface area contributed by atoms with E-state index in [1.165, 1.54) is 6.92 Å². The molecule has 0 aromatic heterocycles. The van der Waals surface area contributed by atoms with Gasteiger partial charge in [0.2, 0.25) is 5.91 Å². The molecule has 142 valence electrons. The number of amides is 2. The van der Waals surface area contributed by atoms with Crippen LogP contribution in [-0.4, -0.2) is 44.2 Å². The standard InChI is InChI=1S/C20H29N3O3/c1-14-7-9-23(10-8-14)19-6-5-16(22-15(2)24)12-18(19)20(25)21-13-17-4-3-11-26-17/h5-6,12,14,17H,3-4,7-11,13H2,1-2H3,(H,21,25)(H,22,24). The maximum Gasteiger partial charge on any atom is 0.253 e. The van der Waals surface area contributed by atoms with E-state index in [-0.39, 0.29) is 17.9 Å². The molecule has 6 nitrogen and oxygen atoms in total. The molecule has 26 heavy (non-hydrogen) atoms. The van der Waals surface area contributed by atoms with Crippen molar-refractivity contribution in [2.75, 3.05) is 36.5 Å². The molecule has 0 bridgehead atoms. The molecule has 2 heterocycles. The highest BCUT2D eigenvalue weighted by Crippen LogP contribution is 2.28. The Morgan fingerprint density at radius 3 is 2.65 bits per heavy atom. The summed E-state index contributed by atoms with van der Waals surface area (Å²) in [7, 11) is 0. The minimum Gasteiger partial charge on any atom is -0.376 e. The normalized spacial score (nSPS) is 20.8. The average molecular weight is 359 g/mol. The molecule has 1 aromatic carbocycles. The van der Waals surface area contributed by atoms with E-state index in [1.807, 2.05) is 12.1 Å². The van der Waals surface area contributed by atoms with Crippen molar-refractivity contribution in [3.05, 3.63) is 23.8 Å². The highest BCUT2D eigenvalue weighted by molar-refractivity contribution is 6.02. The number of hydrogen-bond donors (Lipinski definition) is 2. The van der Waals surface area contributed by atoms with Gasteiger partial charge in [0.25, 0.3) is 5.91 Å². The molecule has 0 aliphatic carbocycles. The van der Waals surface area contributed by atoms with Crippen LogP contribution in [0.15, 0.2) is 18.2 Å². The number of anilines is 2. The summed E-state index contributed by atoms with van der Waals surface area (Å²) in [5.41, 5.74) is 2.20. The fourth-order valence-corrected chi connectivity index (χ4v) is 3.63. The Balaban J connectivity index is 1.78. The third-order valence-electron chi connectivity index (χ3n) is 5.20. The molecular formula is C20H29N3O3. The van der Waals surface area contributed by atoms with Crippen molar-refractivity contribution in [3.8, 4) is 0 Å². The summed E-state index contributed by atoms with van der Waals surface area (Å²) in [5, 5.41) is 5.78. The maximum atomic E-state index is 12.9. The lowest BCUT2D eigenvalue weighted by atomic mass is 9.97. The monoisotopic (exact) mass is 359 g/mol. The van der Waals surface area contributed by atoms with E-state index in [4.69, 9.17) is 4.74 Å². The highest BCUT2D eigenvalue weighted by Gasteiger charge is 2.23. The Morgan fingerprint density at radius 2 is 2.00 bits per heavy atom. The molecule has 0 spiro atoms. The Morgan fingerprint density at radius 1 is 1.23 bits per heavy atom. The predicted octanol–water partition coefficient (Wildman–Crippen LogP) is 2.79. The number of hydrogen-bond acceptors (Lipinski definition) is 4. The van der Waals surface area contributed by atoms with Gasteiger partial charge in [0.15, 0.2) is 0 Å². The Bertz CT molecular complexity index is 648. The van der Waals surface area contributed by atoms with Gasteiger partial charge in [-0.2, -0.15) is 0 Å². The second kappa shape index (κ2) is 8.54. The van der Waals surface area contributed by atoms with Crippen LogP contribution in [0.1, 0.15) is 49.9 Å². The van der Waals surface area contributed by atoms with Crippen LogP contribution >= 0.6 is 0 Å². The van der Waals surface area contributed by atoms with Gasteiger partial charge in [0, 0.05) is 44.5 Å². The second-order valence-corrected chi connectivity index (χ2v) is 7.43. The quantitative estimate of drug-likeness (QED) is 0.848. The summed E-state index contributed by atoms with van der Waals surface area (Å²) in [4.78, 5) is 26.5. The SMILES string of the molecule is CC(=O)Nc1ccc(N2CCC(C)CC2)c(C(=O)NCC2CCCO2)c1. The lowest BCUT2D eigenvalue weighted by Crippen LogP contribution is -2.36. The summed E-state index contributed by atoms with van der Waals surface area (Å²) in [6.45, 7) is 6.94. The highest BCUT2D eigenvalue weighted by atomic mass is 16.5. The predicted molar refractivity (Wildman–Crippen MR) is 103 cm³/mol. The summed E-state index contributed by atoms with van der Waals surface area (Å²) < 4.78 is 5.59. The molecule has 2 aliphatic rings. The summed E-state index contributed by atoms with van der Waals surface area (Å²) >= 11 is 0. The number of benzene rings is 1. The zero-order valence-corrected chi connectivity index (χ0v) is 15.7. The topological polar surface area (TPSA) is 70.7 Å². The molecule has 1 atom stereocenters. The van der Waals surface area contributed by atoms with Gasteiger partial charge in [-0.25, -0.2) is 0 Å². The minimum atomic E-state index is -0.143. The molecule has 2 N–H and O–H groups in total. The molecule has 6 heteroatoms. The Hall–Kier alpha value is -2.08. The zero-order chi connectivity index (χ0) is 18.5. The minimum absolute atomic E-state index is 0.108. The third-order valence-corrected chi connectivity index (χ3v) is 5.20. The Labute approximate surface area is 155 Å². The van der Waals surface area contributed by atoms with E-state index in [1.54, 1.807) is 6.07 Å². The number of ether oxygens (including phenoxy) is 1. The number of piperidine rings is 1. The summed E-state index contributed by atoms with van der Waals surface area (Å²) in [6, 6.07) is 5.59. The van der Waals surface area contributed by atoms with Crippen LogP contribution < -0.4 is 15.5 Å². The molecule has 1 unspecified atom stereocenters. The van der Waals surface area contributed by atoms with E-state index < -0.39 is 0 Å². The van der Waals surface area contributed by atoms with Crippen molar-refractivity contribution in [1.29, 1.82) is 0 Å². The maximum absolute atomic E-state index is 12.9. The van der Waals surface area contributed by atoms with E-state index >= 15 is 0 Å². The molecule has 1 aromatic rings. The van der Waals surface area contributed by atoms with Crippen molar-refractivity contribution < 1.29 is 14.3 Å². The fraction of sp³-hybridized carbons (Fsp3) is 0.600. The fourth-order valence-electron chi connectivity index (χ4n) is 3.63. The van der Waals surface area contributed by atoms with E-state index in [0.29, 0.717) is 17.8 Å². The number of rotatable bonds is 5. The molecule has 0 radical (unpaired) electrons. The largest absolute Gasteiger partial charge is 0.376 e. The molecule has 3 rings (SSSR count). The van der Waals surface area contributed by atoms with E-state index in [0.717, 1.165) is 57.0 Å². The average Bonchev–Trinajstić information content (AvgIpc) is 3.13. The van der Waals surface area contributed by atoms with Gasteiger partial charge < -0.3 is 20.3 Å². The lowest BCUT2D eigenvalue weighted by Gasteiger charge is -2.33. The van der Waals surface area contributed by atoms with Crippen molar-refractivity contribution in [2.24, 2.45) is 5.92 Å². The van der Waals surface area contributed by atoms with Gasteiger partial charge in [-0.3, -0.25) is 9.59 Å². The summed E-state index contributed by atoms with van der Waals surface area (Å²) in [6.07, 6.45) is 4.41. The van der Waals surface area contributed by atoms with Gasteiger partial charge >= 0.3 is 0 Å².